The van der Waals surface area contributed by atoms with Crippen molar-refractivity contribution in [2.45, 2.75) is 32.4 Å². The lowest BCUT2D eigenvalue weighted by Gasteiger charge is -2.14. The van der Waals surface area contributed by atoms with Gasteiger partial charge in [0, 0.05) is 18.7 Å². The summed E-state index contributed by atoms with van der Waals surface area (Å²) in [5.74, 6) is 0.931. The first kappa shape index (κ1) is 13.7. The molecule has 1 aromatic carbocycles. The van der Waals surface area contributed by atoms with E-state index in [9.17, 15) is 9.59 Å². The third-order valence-electron chi connectivity index (χ3n) is 4.00. The monoisotopic (exact) mass is 285 g/mol. The van der Waals surface area contributed by atoms with E-state index < -0.39 is 0 Å². The first-order valence-corrected chi connectivity index (χ1v) is 7.29. The first-order chi connectivity index (χ1) is 10.1. The van der Waals surface area contributed by atoms with Crippen LogP contribution in [0.25, 0.3) is 0 Å². The van der Waals surface area contributed by atoms with Gasteiger partial charge in [-0.3, -0.25) is 14.3 Å². The van der Waals surface area contributed by atoms with Crippen LogP contribution in [0.3, 0.4) is 0 Å². The van der Waals surface area contributed by atoms with Gasteiger partial charge in [-0.2, -0.15) is 0 Å². The highest BCUT2D eigenvalue weighted by Crippen LogP contribution is 2.38. The number of aromatic amines is 1. The van der Waals surface area contributed by atoms with Crippen LogP contribution in [0.15, 0.2) is 46.0 Å². The van der Waals surface area contributed by atoms with Crippen molar-refractivity contribution in [3.05, 3.63) is 62.8 Å². The minimum absolute atomic E-state index is 0.0237. The molecule has 1 heterocycles. The minimum atomic E-state index is -0.336. The van der Waals surface area contributed by atoms with Gasteiger partial charge in [0.1, 0.15) is 5.82 Å². The number of H-pyrrole nitrogens is 1. The van der Waals surface area contributed by atoms with Gasteiger partial charge in [0.25, 0.3) is 5.56 Å². The summed E-state index contributed by atoms with van der Waals surface area (Å²) in [6.45, 7) is 2.50. The van der Waals surface area contributed by atoms with E-state index in [-0.39, 0.29) is 17.3 Å². The van der Waals surface area contributed by atoms with Crippen molar-refractivity contribution in [1.82, 2.24) is 9.55 Å². The van der Waals surface area contributed by atoms with Crippen molar-refractivity contribution in [3.8, 4) is 0 Å². The highest BCUT2D eigenvalue weighted by Gasteiger charge is 2.30. The number of rotatable bonds is 5. The molecule has 2 aromatic rings. The second-order valence-electron chi connectivity index (χ2n) is 5.61. The molecule has 5 nitrogen and oxygen atoms in total. The fraction of sp³-hybridized carbons (Fsp3) is 0.375. The molecule has 3 rings (SSSR count). The van der Waals surface area contributed by atoms with Gasteiger partial charge in [0.2, 0.25) is 0 Å². The number of nitrogens with one attached hydrogen (secondary N) is 2. The molecule has 0 spiro atoms. The van der Waals surface area contributed by atoms with Gasteiger partial charge in [-0.1, -0.05) is 30.3 Å². The molecule has 0 saturated heterocycles. The average Bonchev–Trinajstić information content (AvgIpc) is 3.30. The zero-order chi connectivity index (χ0) is 14.8. The van der Waals surface area contributed by atoms with Gasteiger partial charge in [-0.25, -0.2) is 4.79 Å². The quantitative estimate of drug-likeness (QED) is 0.884. The predicted molar refractivity (Wildman–Crippen MR) is 82.5 cm³/mol. The van der Waals surface area contributed by atoms with Crippen molar-refractivity contribution >= 4 is 5.82 Å². The number of hydrogen-bond acceptors (Lipinski definition) is 3. The van der Waals surface area contributed by atoms with Crippen LogP contribution >= 0.6 is 0 Å². The van der Waals surface area contributed by atoms with Gasteiger partial charge in [0.15, 0.2) is 0 Å². The molecule has 110 valence electrons. The Morgan fingerprint density at radius 3 is 2.62 bits per heavy atom. The van der Waals surface area contributed by atoms with Crippen LogP contribution in [0.4, 0.5) is 5.82 Å². The summed E-state index contributed by atoms with van der Waals surface area (Å²) < 4.78 is 1.32. The summed E-state index contributed by atoms with van der Waals surface area (Å²) in [7, 11) is 0. The van der Waals surface area contributed by atoms with E-state index in [0.717, 1.165) is 18.4 Å². The Balaban J connectivity index is 1.78. The van der Waals surface area contributed by atoms with Gasteiger partial charge < -0.3 is 5.32 Å². The number of nitrogens with zero attached hydrogens (tertiary/aromatic N) is 1. The van der Waals surface area contributed by atoms with Crippen LogP contribution in [0.2, 0.25) is 0 Å². The van der Waals surface area contributed by atoms with Crippen molar-refractivity contribution in [3.63, 3.8) is 0 Å². The van der Waals surface area contributed by atoms with E-state index in [1.807, 2.05) is 37.3 Å². The van der Waals surface area contributed by atoms with E-state index >= 15 is 0 Å². The van der Waals surface area contributed by atoms with Crippen LogP contribution in [0.1, 0.15) is 31.4 Å². The van der Waals surface area contributed by atoms with Crippen LogP contribution in [0, 0.1) is 5.92 Å². The van der Waals surface area contributed by atoms with Crippen molar-refractivity contribution in [2.24, 2.45) is 5.92 Å². The lowest BCUT2D eigenvalue weighted by Crippen LogP contribution is -2.37. The molecule has 1 fully saturated rings. The maximum Gasteiger partial charge on any atom is 0.330 e. The fourth-order valence-electron chi connectivity index (χ4n) is 2.57. The molecule has 1 aliphatic rings. The Hall–Kier alpha value is -2.30. The first-order valence-electron chi connectivity index (χ1n) is 7.29. The average molecular weight is 285 g/mol. The summed E-state index contributed by atoms with van der Waals surface area (Å²) in [6, 6.07) is 11.3. The number of benzene rings is 1. The van der Waals surface area contributed by atoms with E-state index in [1.54, 1.807) is 0 Å². The van der Waals surface area contributed by atoms with Crippen LogP contribution in [-0.4, -0.2) is 9.55 Å². The molecule has 1 saturated carbocycles. The van der Waals surface area contributed by atoms with E-state index in [2.05, 4.69) is 10.3 Å². The summed E-state index contributed by atoms with van der Waals surface area (Å²) >= 11 is 0. The molecule has 0 bridgehead atoms. The third-order valence-corrected chi connectivity index (χ3v) is 4.00. The number of aromatic nitrogens is 2. The molecular formula is C16H19N3O2. The van der Waals surface area contributed by atoms with Crippen LogP contribution in [-0.2, 0) is 6.54 Å². The summed E-state index contributed by atoms with van der Waals surface area (Å²) in [4.78, 5) is 27.0. The second kappa shape index (κ2) is 5.60. The maximum absolute atomic E-state index is 12.1. The molecular weight excluding hydrogens is 266 g/mol. The van der Waals surface area contributed by atoms with Gasteiger partial charge >= 0.3 is 5.69 Å². The van der Waals surface area contributed by atoms with E-state index in [1.165, 1.54) is 10.6 Å². The zero-order valence-electron chi connectivity index (χ0n) is 12.0. The fourth-order valence-corrected chi connectivity index (χ4v) is 2.57. The molecule has 5 heteroatoms. The van der Waals surface area contributed by atoms with Crippen LogP contribution < -0.4 is 16.6 Å². The van der Waals surface area contributed by atoms with Crippen molar-refractivity contribution in [2.75, 3.05) is 5.32 Å². The normalized spacial score (nSPS) is 15.7. The zero-order valence-corrected chi connectivity index (χ0v) is 12.0. The van der Waals surface area contributed by atoms with Crippen molar-refractivity contribution in [1.29, 1.82) is 0 Å². The van der Waals surface area contributed by atoms with E-state index in [4.69, 9.17) is 0 Å². The second-order valence-corrected chi connectivity index (χ2v) is 5.61. The Bertz CT molecular complexity index is 698. The summed E-state index contributed by atoms with van der Waals surface area (Å²) in [5, 5.41) is 3.08. The Morgan fingerprint density at radius 1 is 1.29 bits per heavy atom. The number of anilines is 1. The van der Waals surface area contributed by atoms with Gasteiger partial charge in [-0.15, -0.1) is 0 Å². The molecule has 1 aromatic heterocycles. The van der Waals surface area contributed by atoms with Crippen LogP contribution in [0.5, 0.6) is 0 Å². The lowest BCUT2D eigenvalue weighted by atomic mass is 10.2. The standard InChI is InChI=1S/C16H19N3O2/c1-11(13-7-8-13)19-15(20)9-14(18-16(19)21)17-10-12-5-3-2-4-6-12/h2-6,9,11,13,17H,7-8,10H2,1H3,(H,18,21). The van der Waals surface area contributed by atoms with E-state index in [0.29, 0.717) is 18.3 Å². The Labute approximate surface area is 122 Å². The third kappa shape index (κ3) is 3.07. The Kier molecular flexibility index (Phi) is 3.64. The summed E-state index contributed by atoms with van der Waals surface area (Å²) in [5.41, 5.74) is 0.514. The highest BCUT2D eigenvalue weighted by molar-refractivity contribution is 5.33. The topological polar surface area (TPSA) is 66.9 Å². The molecule has 1 aliphatic carbocycles. The lowest BCUT2D eigenvalue weighted by molar-refractivity contribution is 0.451. The molecule has 21 heavy (non-hydrogen) atoms. The summed E-state index contributed by atoms with van der Waals surface area (Å²) in [6.07, 6.45) is 2.20. The molecule has 0 aliphatic heterocycles. The molecule has 1 atom stereocenters. The Morgan fingerprint density at radius 2 is 2.00 bits per heavy atom. The molecule has 0 radical (unpaired) electrons. The molecule has 0 amide bonds. The largest absolute Gasteiger partial charge is 0.367 e. The van der Waals surface area contributed by atoms with Gasteiger partial charge in [-0.05, 0) is 31.2 Å². The highest BCUT2D eigenvalue weighted by atomic mass is 16.2. The van der Waals surface area contributed by atoms with Crippen molar-refractivity contribution < 1.29 is 0 Å². The van der Waals surface area contributed by atoms with Gasteiger partial charge in [0.05, 0.1) is 0 Å². The molecule has 2 N–H and O–H groups in total. The number of hydrogen-bond donors (Lipinski definition) is 2. The smallest absolute Gasteiger partial charge is 0.330 e. The minimum Gasteiger partial charge on any atom is -0.367 e. The SMILES string of the molecule is CC(C1CC1)n1c(=O)cc(NCc2ccccc2)[nH]c1=O. The predicted octanol–water partition coefficient (Wildman–Crippen LogP) is 2.12. The molecule has 1 unspecified atom stereocenters. The maximum atomic E-state index is 12.1.